The summed E-state index contributed by atoms with van der Waals surface area (Å²) in [4.78, 5) is 0. The molecule has 0 atom stereocenters. The van der Waals surface area contributed by atoms with Gasteiger partial charge >= 0.3 is 0 Å². The first-order valence-electron chi connectivity index (χ1n) is 4.73. The third-order valence-corrected chi connectivity index (χ3v) is 3.37. The van der Waals surface area contributed by atoms with Crippen molar-refractivity contribution in [1.29, 1.82) is 0 Å². The van der Waals surface area contributed by atoms with Gasteiger partial charge in [0.05, 0.1) is 0 Å². The van der Waals surface area contributed by atoms with Crippen molar-refractivity contribution in [2.45, 2.75) is 25.2 Å². The summed E-state index contributed by atoms with van der Waals surface area (Å²) < 4.78 is 10.2. The van der Waals surface area contributed by atoms with Crippen molar-refractivity contribution in [1.82, 2.24) is 5.32 Å². The molecule has 1 rings (SSSR count). The Kier molecular flexibility index (Phi) is 5.78. The number of methoxy groups -OCH3 is 2. The Labute approximate surface area is 84.6 Å². The second-order valence-corrected chi connectivity index (χ2v) is 4.42. The summed E-state index contributed by atoms with van der Waals surface area (Å²) in [5.74, 6) is 2.56. The highest BCUT2D eigenvalue weighted by Gasteiger charge is 2.14. The normalized spacial score (nSPS) is 19.6. The van der Waals surface area contributed by atoms with Crippen LogP contribution in [0.15, 0.2) is 0 Å². The maximum Gasteiger partial charge on any atom is 0.169 e. The van der Waals surface area contributed by atoms with Crippen LogP contribution in [0.5, 0.6) is 0 Å². The standard InChI is InChI=1S/C9H19NO2S/c1-11-9(12-2)7-10-8-3-5-13-6-4-8/h8-10H,3-7H2,1-2H3. The van der Waals surface area contributed by atoms with Crippen LogP contribution in [0.1, 0.15) is 12.8 Å². The Hall–Kier alpha value is 0.230. The van der Waals surface area contributed by atoms with Gasteiger partial charge < -0.3 is 14.8 Å². The Morgan fingerprint density at radius 1 is 1.31 bits per heavy atom. The SMILES string of the molecule is COC(CNC1CCSCC1)OC. The van der Waals surface area contributed by atoms with E-state index >= 15 is 0 Å². The first-order chi connectivity index (χ1) is 6.36. The van der Waals surface area contributed by atoms with Crippen molar-refractivity contribution in [2.75, 3.05) is 32.3 Å². The molecule has 1 N–H and O–H groups in total. The Morgan fingerprint density at radius 2 is 1.92 bits per heavy atom. The predicted molar refractivity (Wildman–Crippen MR) is 56.2 cm³/mol. The molecule has 3 nitrogen and oxygen atoms in total. The number of nitrogens with one attached hydrogen (secondary N) is 1. The molecule has 4 heteroatoms. The van der Waals surface area contributed by atoms with E-state index < -0.39 is 0 Å². The molecular formula is C9H19NO2S. The third kappa shape index (κ3) is 4.31. The molecule has 0 aromatic carbocycles. The van der Waals surface area contributed by atoms with Crippen molar-refractivity contribution in [3.63, 3.8) is 0 Å². The van der Waals surface area contributed by atoms with E-state index in [-0.39, 0.29) is 6.29 Å². The van der Waals surface area contributed by atoms with Crippen LogP contribution >= 0.6 is 11.8 Å². The second-order valence-electron chi connectivity index (χ2n) is 3.20. The zero-order chi connectivity index (χ0) is 9.52. The highest BCUT2D eigenvalue weighted by atomic mass is 32.2. The van der Waals surface area contributed by atoms with E-state index in [4.69, 9.17) is 9.47 Å². The van der Waals surface area contributed by atoms with Crippen molar-refractivity contribution >= 4 is 11.8 Å². The molecule has 0 bridgehead atoms. The molecule has 0 amide bonds. The van der Waals surface area contributed by atoms with Crippen LogP contribution in [-0.2, 0) is 9.47 Å². The minimum Gasteiger partial charge on any atom is -0.355 e. The first-order valence-corrected chi connectivity index (χ1v) is 5.89. The largest absolute Gasteiger partial charge is 0.355 e. The van der Waals surface area contributed by atoms with Crippen LogP contribution in [0.3, 0.4) is 0 Å². The monoisotopic (exact) mass is 205 g/mol. The van der Waals surface area contributed by atoms with Gasteiger partial charge in [0.2, 0.25) is 0 Å². The smallest absolute Gasteiger partial charge is 0.169 e. The van der Waals surface area contributed by atoms with Crippen molar-refractivity contribution in [3.05, 3.63) is 0 Å². The predicted octanol–water partition coefficient (Wildman–Crippen LogP) is 1.09. The number of thioether (sulfide) groups is 1. The van der Waals surface area contributed by atoms with Crippen molar-refractivity contribution < 1.29 is 9.47 Å². The topological polar surface area (TPSA) is 30.5 Å². The van der Waals surface area contributed by atoms with Gasteiger partial charge in [-0.15, -0.1) is 0 Å². The summed E-state index contributed by atoms with van der Waals surface area (Å²) >= 11 is 2.04. The summed E-state index contributed by atoms with van der Waals surface area (Å²) in [5.41, 5.74) is 0. The molecule has 13 heavy (non-hydrogen) atoms. The molecule has 1 aliphatic rings. The molecule has 0 radical (unpaired) electrons. The number of ether oxygens (including phenoxy) is 2. The number of hydrogen-bond donors (Lipinski definition) is 1. The van der Waals surface area contributed by atoms with E-state index in [0.29, 0.717) is 6.04 Å². The van der Waals surface area contributed by atoms with E-state index in [9.17, 15) is 0 Å². The lowest BCUT2D eigenvalue weighted by molar-refractivity contribution is -0.0999. The summed E-state index contributed by atoms with van der Waals surface area (Å²) in [6, 6.07) is 0.661. The maximum absolute atomic E-state index is 5.10. The Balaban J connectivity index is 2.09. The lowest BCUT2D eigenvalue weighted by atomic mass is 10.1. The fourth-order valence-electron chi connectivity index (χ4n) is 1.43. The van der Waals surface area contributed by atoms with Gasteiger partial charge in [-0.1, -0.05) is 0 Å². The summed E-state index contributed by atoms with van der Waals surface area (Å²) in [5, 5.41) is 3.46. The molecule has 1 aliphatic heterocycles. The molecule has 0 aromatic rings. The molecule has 78 valence electrons. The van der Waals surface area contributed by atoms with Gasteiger partial charge in [-0.05, 0) is 24.3 Å². The summed E-state index contributed by atoms with van der Waals surface area (Å²) in [7, 11) is 3.35. The van der Waals surface area contributed by atoms with Crippen LogP contribution in [0.4, 0.5) is 0 Å². The van der Waals surface area contributed by atoms with Gasteiger partial charge in [0.25, 0.3) is 0 Å². The lowest BCUT2D eigenvalue weighted by Crippen LogP contribution is -2.39. The summed E-state index contributed by atoms with van der Waals surface area (Å²) in [6.45, 7) is 0.794. The summed E-state index contributed by atoms with van der Waals surface area (Å²) in [6.07, 6.45) is 2.44. The average molecular weight is 205 g/mol. The lowest BCUT2D eigenvalue weighted by Gasteiger charge is -2.24. The zero-order valence-corrected chi connectivity index (χ0v) is 9.23. The fraction of sp³-hybridized carbons (Fsp3) is 1.00. The first kappa shape index (κ1) is 11.3. The Bertz CT molecular complexity index is 125. The second kappa shape index (κ2) is 6.65. The van der Waals surface area contributed by atoms with Gasteiger partial charge in [0.15, 0.2) is 6.29 Å². The van der Waals surface area contributed by atoms with Crippen LogP contribution < -0.4 is 5.32 Å². The maximum atomic E-state index is 5.10. The van der Waals surface area contributed by atoms with Crippen LogP contribution in [-0.4, -0.2) is 44.6 Å². The molecule has 0 unspecified atom stereocenters. The highest BCUT2D eigenvalue weighted by Crippen LogP contribution is 2.16. The number of hydrogen-bond acceptors (Lipinski definition) is 4. The zero-order valence-electron chi connectivity index (χ0n) is 8.41. The molecule has 1 heterocycles. The van der Waals surface area contributed by atoms with Gasteiger partial charge in [-0.3, -0.25) is 0 Å². The van der Waals surface area contributed by atoms with E-state index in [2.05, 4.69) is 5.32 Å². The number of rotatable bonds is 5. The van der Waals surface area contributed by atoms with E-state index in [0.717, 1.165) is 6.54 Å². The van der Waals surface area contributed by atoms with Crippen molar-refractivity contribution in [2.24, 2.45) is 0 Å². The minimum absolute atomic E-state index is 0.102. The highest BCUT2D eigenvalue weighted by molar-refractivity contribution is 7.99. The van der Waals surface area contributed by atoms with E-state index in [1.54, 1.807) is 14.2 Å². The molecular weight excluding hydrogens is 186 g/mol. The van der Waals surface area contributed by atoms with E-state index in [1.807, 2.05) is 11.8 Å². The van der Waals surface area contributed by atoms with Gasteiger partial charge in [-0.2, -0.15) is 11.8 Å². The molecule has 0 aromatic heterocycles. The quantitative estimate of drug-likeness (QED) is 0.681. The minimum atomic E-state index is -0.102. The van der Waals surface area contributed by atoms with Crippen LogP contribution in [0.2, 0.25) is 0 Å². The van der Waals surface area contributed by atoms with Crippen LogP contribution in [0.25, 0.3) is 0 Å². The Morgan fingerprint density at radius 3 is 2.46 bits per heavy atom. The fourth-order valence-corrected chi connectivity index (χ4v) is 2.53. The van der Waals surface area contributed by atoms with Crippen LogP contribution in [0, 0.1) is 0 Å². The van der Waals surface area contributed by atoms with Crippen molar-refractivity contribution in [3.8, 4) is 0 Å². The molecule has 0 aliphatic carbocycles. The molecule has 0 spiro atoms. The molecule has 1 fully saturated rings. The average Bonchev–Trinajstić information content (AvgIpc) is 2.21. The van der Waals surface area contributed by atoms with Gasteiger partial charge in [0.1, 0.15) is 0 Å². The van der Waals surface area contributed by atoms with Gasteiger partial charge in [0, 0.05) is 26.8 Å². The van der Waals surface area contributed by atoms with E-state index in [1.165, 1.54) is 24.3 Å². The van der Waals surface area contributed by atoms with Gasteiger partial charge in [-0.25, -0.2) is 0 Å². The molecule has 1 saturated heterocycles. The molecule has 0 saturated carbocycles. The third-order valence-electron chi connectivity index (χ3n) is 2.32.